The molecule has 1 atom stereocenters. The lowest BCUT2D eigenvalue weighted by Gasteiger charge is -2.21. The van der Waals surface area contributed by atoms with E-state index in [0.717, 1.165) is 42.6 Å². The molecule has 1 fully saturated rings. The molecule has 1 aliphatic heterocycles. The Bertz CT molecular complexity index is 1770. The molecular formula is C30H31ClN8O3. The molecule has 12 heteroatoms. The summed E-state index contributed by atoms with van der Waals surface area (Å²) in [6.45, 7) is 1.60. The molecule has 1 N–H and O–H groups in total. The van der Waals surface area contributed by atoms with Crippen molar-refractivity contribution < 1.29 is 14.3 Å². The summed E-state index contributed by atoms with van der Waals surface area (Å²) in [6, 6.07) is 13.9. The predicted octanol–water partition coefficient (Wildman–Crippen LogP) is 5.30. The Kier molecular flexibility index (Phi) is 7.42. The fourth-order valence-corrected chi connectivity index (χ4v) is 5.69. The number of pyridine rings is 1. The number of amides is 2. The third-order valence-corrected chi connectivity index (χ3v) is 7.93. The Hall–Kier alpha value is -4.64. The molecule has 3 aromatic heterocycles. The molecule has 1 saturated heterocycles. The molecule has 5 aromatic rings. The number of likely N-dealkylation sites (tertiary alicyclic amines) is 1. The zero-order valence-electron chi connectivity index (χ0n) is 23.8. The molecule has 0 spiro atoms. The lowest BCUT2D eigenvalue weighted by molar-refractivity contribution is 0.180. The number of nitrogens with one attached hydrogen (secondary N) is 1. The molecular weight excluding hydrogens is 556 g/mol. The topological polar surface area (TPSA) is 110 Å². The first-order valence-electron chi connectivity index (χ1n) is 13.6. The number of aromatic nitrogens is 5. The van der Waals surface area contributed by atoms with Crippen molar-refractivity contribution in [2.24, 2.45) is 5.92 Å². The Morgan fingerprint density at radius 3 is 2.64 bits per heavy atom. The van der Waals surface area contributed by atoms with Crippen molar-refractivity contribution in [1.29, 1.82) is 0 Å². The van der Waals surface area contributed by atoms with E-state index in [2.05, 4.69) is 32.6 Å². The Morgan fingerprint density at radius 1 is 1.10 bits per heavy atom. The van der Waals surface area contributed by atoms with Crippen molar-refractivity contribution in [3.8, 4) is 22.6 Å². The van der Waals surface area contributed by atoms with Gasteiger partial charge in [-0.15, -0.1) is 10.2 Å². The highest BCUT2D eigenvalue weighted by Gasteiger charge is 2.27. The highest BCUT2D eigenvalue weighted by Crippen LogP contribution is 2.41. The minimum Gasteiger partial charge on any atom is -0.497 e. The number of urea groups is 1. The van der Waals surface area contributed by atoms with Gasteiger partial charge in [0.2, 0.25) is 5.95 Å². The molecule has 216 valence electrons. The maximum absolute atomic E-state index is 12.3. The molecule has 0 bridgehead atoms. The minimum absolute atomic E-state index is 0.0803. The number of hydrogen-bond acceptors (Lipinski definition) is 8. The number of methoxy groups -OCH3 is 2. The summed E-state index contributed by atoms with van der Waals surface area (Å²) in [5.41, 5.74) is 4.79. The summed E-state index contributed by atoms with van der Waals surface area (Å²) >= 11 is 6.70. The highest BCUT2D eigenvalue weighted by molar-refractivity contribution is 6.35. The smallest absolute Gasteiger partial charge is 0.319 e. The molecule has 42 heavy (non-hydrogen) atoms. The molecule has 1 aliphatic rings. The number of hydrogen-bond donors (Lipinski definition) is 1. The van der Waals surface area contributed by atoms with Gasteiger partial charge in [0.15, 0.2) is 11.3 Å². The van der Waals surface area contributed by atoms with Crippen LogP contribution in [0.1, 0.15) is 12.0 Å². The number of carbonyl (C=O) groups excluding carboxylic acids is 1. The van der Waals surface area contributed by atoms with Crippen LogP contribution in [-0.4, -0.2) is 81.8 Å². The van der Waals surface area contributed by atoms with Gasteiger partial charge in [-0.3, -0.25) is 4.40 Å². The van der Waals surface area contributed by atoms with Crippen molar-refractivity contribution in [1.82, 2.24) is 34.4 Å². The van der Waals surface area contributed by atoms with E-state index in [1.165, 1.54) is 5.56 Å². The third kappa shape index (κ3) is 5.23. The van der Waals surface area contributed by atoms with E-state index in [1.54, 1.807) is 51.8 Å². The van der Waals surface area contributed by atoms with Crippen molar-refractivity contribution in [2.75, 3.05) is 46.7 Å². The number of carbonyl (C=O) groups is 1. The third-order valence-electron chi connectivity index (χ3n) is 7.54. The Labute approximate surface area is 248 Å². The first kappa shape index (κ1) is 27.5. The van der Waals surface area contributed by atoms with Crippen LogP contribution in [0.2, 0.25) is 5.02 Å². The number of nitrogens with zero attached hydrogens (tertiary/aromatic N) is 7. The average molecular weight is 587 g/mol. The number of halogens is 1. The standard InChI is InChI=1S/C30H31ClN8O3/c1-37(2)30(40)38-10-9-19(16-38)11-18-5-7-21(8-6-18)34-29-32-15-20-12-24(28-36-33-17-39(28)27(20)35-29)23-13-22(41-3)14-25(42-4)26(23)31/h5-8,12-15,17,19H,9-11,16H2,1-4H3,(H,32,34,35)/t19-/m1/s1. The van der Waals surface area contributed by atoms with Crippen LogP contribution in [0.3, 0.4) is 0 Å². The summed E-state index contributed by atoms with van der Waals surface area (Å²) in [5.74, 6) is 2.01. The van der Waals surface area contributed by atoms with Gasteiger partial charge in [0.1, 0.15) is 17.8 Å². The van der Waals surface area contributed by atoms with Crippen LogP contribution in [0.25, 0.3) is 27.8 Å². The lowest BCUT2D eigenvalue weighted by atomic mass is 9.98. The summed E-state index contributed by atoms with van der Waals surface area (Å²) in [5, 5.41) is 13.0. The Morgan fingerprint density at radius 2 is 1.90 bits per heavy atom. The van der Waals surface area contributed by atoms with Gasteiger partial charge in [-0.05, 0) is 48.6 Å². The summed E-state index contributed by atoms with van der Waals surface area (Å²) in [4.78, 5) is 25.2. The van der Waals surface area contributed by atoms with Gasteiger partial charge >= 0.3 is 6.03 Å². The van der Waals surface area contributed by atoms with Gasteiger partial charge in [-0.1, -0.05) is 23.7 Å². The minimum atomic E-state index is 0.0803. The van der Waals surface area contributed by atoms with E-state index in [-0.39, 0.29) is 6.03 Å². The zero-order valence-corrected chi connectivity index (χ0v) is 24.6. The van der Waals surface area contributed by atoms with E-state index in [9.17, 15) is 4.79 Å². The van der Waals surface area contributed by atoms with Crippen LogP contribution in [0, 0.1) is 5.92 Å². The van der Waals surface area contributed by atoms with Gasteiger partial charge in [0.05, 0.1) is 19.2 Å². The molecule has 0 unspecified atom stereocenters. The molecule has 11 nitrogen and oxygen atoms in total. The van der Waals surface area contributed by atoms with E-state index in [0.29, 0.717) is 45.2 Å². The maximum atomic E-state index is 12.3. The van der Waals surface area contributed by atoms with Crippen molar-refractivity contribution in [2.45, 2.75) is 12.8 Å². The second-order valence-electron chi connectivity index (χ2n) is 10.6. The predicted molar refractivity (Wildman–Crippen MR) is 162 cm³/mol. The molecule has 2 amide bonds. The SMILES string of the molecule is COc1cc(OC)c(Cl)c(-c2cc3cnc(Nc4ccc(C[C@H]5CCN(C(=O)N(C)C)C5)cc4)nc3n3cnnc23)c1. The van der Waals surface area contributed by atoms with Crippen LogP contribution in [-0.2, 0) is 6.42 Å². The van der Waals surface area contributed by atoms with Crippen LogP contribution in [0.4, 0.5) is 16.4 Å². The van der Waals surface area contributed by atoms with E-state index < -0.39 is 0 Å². The first-order valence-corrected chi connectivity index (χ1v) is 14.0. The van der Waals surface area contributed by atoms with E-state index >= 15 is 0 Å². The van der Waals surface area contributed by atoms with Crippen molar-refractivity contribution in [3.63, 3.8) is 0 Å². The fraction of sp³-hybridized carbons (Fsp3) is 0.300. The van der Waals surface area contributed by atoms with Gasteiger partial charge in [-0.2, -0.15) is 4.98 Å². The first-order chi connectivity index (χ1) is 20.3. The normalized spacial score (nSPS) is 14.9. The van der Waals surface area contributed by atoms with Gasteiger partial charge in [0.25, 0.3) is 0 Å². The lowest BCUT2D eigenvalue weighted by Crippen LogP contribution is -2.37. The van der Waals surface area contributed by atoms with Gasteiger partial charge < -0.3 is 24.6 Å². The van der Waals surface area contributed by atoms with E-state index in [4.69, 9.17) is 26.1 Å². The quantitative estimate of drug-likeness (QED) is 0.274. The number of ether oxygens (including phenoxy) is 2. The molecule has 4 heterocycles. The Balaban J connectivity index is 1.23. The van der Waals surface area contributed by atoms with Crippen molar-refractivity contribution >= 4 is 45.9 Å². The van der Waals surface area contributed by atoms with Crippen molar-refractivity contribution in [3.05, 3.63) is 65.6 Å². The monoisotopic (exact) mass is 586 g/mol. The van der Waals surface area contributed by atoms with Crippen LogP contribution in [0.15, 0.2) is 55.0 Å². The van der Waals surface area contributed by atoms with Crippen LogP contribution < -0.4 is 14.8 Å². The fourth-order valence-electron chi connectivity index (χ4n) is 5.41. The maximum Gasteiger partial charge on any atom is 0.319 e. The molecule has 0 aliphatic carbocycles. The van der Waals surface area contributed by atoms with Crippen LogP contribution >= 0.6 is 11.6 Å². The van der Waals surface area contributed by atoms with Crippen LogP contribution in [0.5, 0.6) is 11.5 Å². The molecule has 0 saturated carbocycles. The molecule has 2 aromatic carbocycles. The summed E-state index contributed by atoms with van der Waals surface area (Å²) in [7, 11) is 6.74. The molecule has 6 rings (SSSR count). The summed E-state index contributed by atoms with van der Waals surface area (Å²) < 4.78 is 12.7. The van der Waals surface area contributed by atoms with Gasteiger partial charge in [0, 0.05) is 61.6 Å². The molecule has 0 radical (unpaired) electrons. The second-order valence-corrected chi connectivity index (χ2v) is 10.9. The number of benzene rings is 2. The zero-order chi connectivity index (χ0) is 29.4. The largest absolute Gasteiger partial charge is 0.497 e. The number of rotatable bonds is 7. The second kappa shape index (κ2) is 11.3. The highest BCUT2D eigenvalue weighted by atomic mass is 35.5. The van der Waals surface area contributed by atoms with E-state index in [1.807, 2.05) is 33.6 Å². The number of anilines is 2. The summed E-state index contributed by atoms with van der Waals surface area (Å²) in [6.07, 6.45) is 5.32. The van der Waals surface area contributed by atoms with Gasteiger partial charge in [-0.25, -0.2) is 9.78 Å². The average Bonchev–Trinajstić information content (AvgIpc) is 3.68. The number of fused-ring (bicyclic) bond motifs is 3.